The van der Waals surface area contributed by atoms with Crippen molar-refractivity contribution in [1.82, 2.24) is 0 Å². The minimum atomic E-state index is -0.952. The molecule has 0 saturated carbocycles. The molecule has 2 aromatic carbocycles. The van der Waals surface area contributed by atoms with Gasteiger partial charge >= 0.3 is 5.97 Å². The monoisotopic (exact) mass is 334 g/mol. The van der Waals surface area contributed by atoms with Crippen molar-refractivity contribution in [3.05, 3.63) is 63.1 Å². The fourth-order valence-electron chi connectivity index (χ4n) is 1.98. The number of halogens is 1. The highest BCUT2D eigenvalue weighted by molar-refractivity contribution is 9.10. The summed E-state index contributed by atoms with van der Waals surface area (Å²) in [5, 5.41) is 8.92. The summed E-state index contributed by atoms with van der Waals surface area (Å²) in [6.45, 7) is 4.56. The fraction of sp³-hybridized carbons (Fsp3) is 0.188. The summed E-state index contributed by atoms with van der Waals surface area (Å²) in [6.07, 6.45) is 0. The maximum absolute atomic E-state index is 10.9. The number of hydrogen-bond acceptors (Lipinski definition) is 2. The fourth-order valence-corrected chi connectivity index (χ4v) is 2.47. The van der Waals surface area contributed by atoms with Crippen LogP contribution in [0.5, 0.6) is 5.75 Å². The van der Waals surface area contributed by atoms with E-state index in [1.807, 2.05) is 32.0 Å². The highest BCUT2D eigenvalue weighted by atomic mass is 79.9. The molecule has 0 aliphatic heterocycles. The molecule has 0 fully saturated rings. The summed E-state index contributed by atoms with van der Waals surface area (Å²) in [6, 6.07) is 10.9. The van der Waals surface area contributed by atoms with E-state index < -0.39 is 5.97 Å². The van der Waals surface area contributed by atoms with Crippen LogP contribution in [0, 0.1) is 13.8 Å². The zero-order chi connectivity index (χ0) is 14.7. The Bertz CT molecular complexity index is 630. The van der Waals surface area contributed by atoms with Crippen molar-refractivity contribution in [3.8, 4) is 5.75 Å². The van der Waals surface area contributed by atoms with Gasteiger partial charge in [0.05, 0.1) is 10.0 Å². The zero-order valence-corrected chi connectivity index (χ0v) is 12.9. The van der Waals surface area contributed by atoms with E-state index in [4.69, 9.17) is 9.84 Å². The quantitative estimate of drug-likeness (QED) is 0.904. The molecule has 4 heteroatoms. The molecule has 0 spiro atoms. The van der Waals surface area contributed by atoms with E-state index in [1.54, 1.807) is 12.1 Å². The number of ether oxygens (including phenoxy) is 1. The summed E-state index contributed by atoms with van der Waals surface area (Å²) in [7, 11) is 0. The van der Waals surface area contributed by atoms with Crippen molar-refractivity contribution in [2.45, 2.75) is 20.5 Å². The van der Waals surface area contributed by atoms with Gasteiger partial charge in [-0.15, -0.1) is 0 Å². The minimum absolute atomic E-state index is 0.233. The van der Waals surface area contributed by atoms with E-state index in [2.05, 4.69) is 15.9 Å². The van der Waals surface area contributed by atoms with Crippen molar-refractivity contribution in [3.63, 3.8) is 0 Å². The molecule has 1 N–H and O–H groups in total. The molecule has 0 unspecified atom stereocenters. The lowest BCUT2D eigenvalue weighted by Crippen LogP contribution is -2.02. The first kappa shape index (κ1) is 14.6. The Morgan fingerprint density at radius 1 is 1.20 bits per heavy atom. The van der Waals surface area contributed by atoms with Gasteiger partial charge in [-0.25, -0.2) is 4.79 Å². The number of carboxylic acid groups (broad SMARTS) is 1. The van der Waals surface area contributed by atoms with Gasteiger partial charge in [0.2, 0.25) is 0 Å². The highest BCUT2D eigenvalue weighted by Gasteiger charge is 2.09. The molecular weight excluding hydrogens is 320 g/mol. The Morgan fingerprint density at radius 2 is 1.85 bits per heavy atom. The van der Waals surface area contributed by atoms with Crippen LogP contribution < -0.4 is 4.74 Å². The second kappa shape index (κ2) is 6.09. The summed E-state index contributed by atoms with van der Waals surface area (Å²) in [5.74, 6) is -0.315. The van der Waals surface area contributed by atoms with Crippen LogP contribution in [0.15, 0.2) is 40.9 Å². The summed E-state index contributed by atoms with van der Waals surface area (Å²) in [5.41, 5.74) is 3.75. The molecule has 0 radical (unpaired) electrons. The van der Waals surface area contributed by atoms with Gasteiger partial charge in [-0.05, 0) is 64.7 Å². The van der Waals surface area contributed by atoms with E-state index in [0.717, 1.165) is 5.56 Å². The second-order valence-corrected chi connectivity index (χ2v) is 5.46. The molecule has 20 heavy (non-hydrogen) atoms. The molecule has 0 atom stereocenters. The molecule has 0 heterocycles. The van der Waals surface area contributed by atoms with Gasteiger partial charge in [-0.3, -0.25) is 0 Å². The molecule has 0 aliphatic carbocycles. The number of rotatable bonds is 4. The molecule has 3 nitrogen and oxygen atoms in total. The highest BCUT2D eigenvalue weighted by Crippen LogP contribution is 2.27. The van der Waals surface area contributed by atoms with Gasteiger partial charge in [0.25, 0.3) is 0 Å². The van der Waals surface area contributed by atoms with Crippen LogP contribution >= 0.6 is 15.9 Å². The average Bonchev–Trinajstić information content (AvgIpc) is 2.39. The first-order valence-electron chi connectivity index (χ1n) is 6.20. The van der Waals surface area contributed by atoms with Crippen molar-refractivity contribution < 1.29 is 14.6 Å². The molecule has 0 saturated heterocycles. The van der Waals surface area contributed by atoms with Crippen LogP contribution in [0.4, 0.5) is 0 Å². The summed E-state index contributed by atoms with van der Waals surface area (Å²) >= 11 is 3.34. The maximum Gasteiger partial charge on any atom is 0.335 e. The van der Waals surface area contributed by atoms with Crippen LogP contribution in [0.2, 0.25) is 0 Å². The van der Waals surface area contributed by atoms with E-state index in [0.29, 0.717) is 16.8 Å². The standard InChI is InChI=1S/C16H15BrO3/c1-10-4-3-5-11(2)13(10)9-20-15-7-6-12(16(18)19)8-14(15)17/h3-8H,9H2,1-2H3,(H,18,19). The number of carboxylic acids is 1. The topological polar surface area (TPSA) is 46.5 Å². The lowest BCUT2D eigenvalue weighted by Gasteiger charge is -2.12. The summed E-state index contributed by atoms with van der Waals surface area (Å²) < 4.78 is 6.42. The first-order valence-corrected chi connectivity index (χ1v) is 6.99. The van der Waals surface area contributed by atoms with Crippen molar-refractivity contribution in [1.29, 1.82) is 0 Å². The molecule has 2 aromatic rings. The predicted octanol–water partition coefficient (Wildman–Crippen LogP) is 4.34. The van der Waals surface area contributed by atoms with Gasteiger partial charge in [0.1, 0.15) is 12.4 Å². The number of carbonyl (C=O) groups is 1. The average molecular weight is 335 g/mol. The molecule has 0 aromatic heterocycles. The molecule has 2 rings (SSSR count). The van der Waals surface area contributed by atoms with E-state index >= 15 is 0 Å². The van der Waals surface area contributed by atoms with Crippen LogP contribution in [0.3, 0.4) is 0 Å². The first-order chi connectivity index (χ1) is 9.49. The maximum atomic E-state index is 10.9. The van der Waals surface area contributed by atoms with Gasteiger partial charge in [0.15, 0.2) is 0 Å². The third-order valence-corrected chi connectivity index (χ3v) is 3.82. The predicted molar refractivity (Wildman–Crippen MR) is 81.3 cm³/mol. The lowest BCUT2D eigenvalue weighted by atomic mass is 10.0. The molecular formula is C16H15BrO3. The Morgan fingerprint density at radius 3 is 2.40 bits per heavy atom. The van der Waals surface area contributed by atoms with Gasteiger partial charge in [-0.1, -0.05) is 18.2 Å². The number of hydrogen-bond donors (Lipinski definition) is 1. The minimum Gasteiger partial charge on any atom is -0.488 e. The van der Waals surface area contributed by atoms with E-state index in [-0.39, 0.29) is 5.56 Å². The molecule has 104 valence electrons. The Labute approximate surface area is 126 Å². The third-order valence-electron chi connectivity index (χ3n) is 3.20. The largest absolute Gasteiger partial charge is 0.488 e. The summed E-state index contributed by atoms with van der Waals surface area (Å²) in [4.78, 5) is 10.9. The lowest BCUT2D eigenvalue weighted by molar-refractivity contribution is 0.0696. The molecule has 0 bridgehead atoms. The molecule has 0 aliphatic rings. The van der Waals surface area contributed by atoms with Crippen LogP contribution in [-0.4, -0.2) is 11.1 Å². The number of aryl methyl sites for hydroxylation is 2. The third kappa shape index (κ3) is 3.20. The van der Waals surface area contributed by atoms with Crippen molar-refractivity contribution >= 4 is 21.9 Å². The van der Waals surface area contributed by atoms with Crippen LogP contribution in [0.25, 0.3) is 0 Å². The van der Waals surface area contributed by atoms with E-state index in [9.17, 15) is 4.79 Å². The van der Waals surface area contributed by atoms with Gasteiger partial charge in [-0.2, -0.15) is 0 Å². The van der Waals surface area contributed by atoms with Crippen molar-refractivity contribution in [2.75, 3.05) is 0 Å². The normalized spacial score (nSPS) is 10.3. The molecule has 0 amide bonds. The Hall–Kier alpha value is -1.81. The van der Waals surface area contributed by atoms with Crippen LogP contribution in [-0.2, 0) is 6.61 Å². The number of aromatic carboxylic acids is 1. The Balaban J connectivity index is 2.17. The van der Waals surface area contributed by atoms with Crippen molar-refractivity contribution in [2.24, 2.45) is 0 Å². The number of benzene rings is 2. The van der Waals surface area contributed by atoms with E-state index in [1.165, 1.54) is 17.2 Å². The van der Waals surface area contributed by atoms with Gasteiger partial charge in [0, 0.05) is 0 Å². The smallest absolute Gasteiger partial charge is 0.335 e. The van der Waals surface area contributed by atoms with Gasteiger partial charge < -0.3 is 9.84 Å². The SMILES string of the molecule is Cc1cccc(C)c1COc1ccc(C(=O)O)cc1Br. The second-order valence-electron chi connectivity index (χ2n) is 4.61. The van der Waals surface area contributed by atoms with Crippen LogP contribution in [0.1, 0.15) is 27.0 Å². The Kier molecular flexibility index (Phi) is 4.45. The zero-order valence-electron chi connectivity index (χ0n) is 11.3.